The van der Waals surface area contributed by atoms with Crippen molar-refractivity contribution in [1.82, 2.24) is 24.8 Å². The van der Waals surface area contributed by atoms with Gasteiger partial charge in [-0.25, -0.2) is 9.78 Å². The predicted molar refractivity (Wildman–Crippen MR) is 184 cm³/mol. The molecule has 1 aromatic heterocycles. The van der Waals surface area contributed by atoms with Crippen molar-refractivity contribution in [3.63, 3.8) is 0 Å². The molecule has 4 heterocycles. The molecule has 3 amide bonds. The number of piperazine rings is 1. The minimum Gasteiger partial charge on any atom is -0.381 e. The van der Waals surface area contributed by atoms with Crippen LogP contribution in [0.4, 0.5) is 22.1 Å². The summed E-state index contributed by atoms with van der Waals surface area (Å²) >= 11 is 0. The van der Waals surface area contributed by atoms with E-state index in [9.17, 15) is 9.59 Å². The van der Waals surface area contributed by atoms with E-state index in [4.69, 9.17) is 24.4 Å². The summed E-state index contributed by atoms with van der Waals surface area (Å²) < 4.78 is 11.2. The van der Waals surface area contributed by atoms with Crippen LogP contribution in [-0.4, -0.2) is 107 Å². The number of aromatic nitrogens is 3. The molecule has 3 saturated heterocycles. The highest BCUT2D eigenvalue weighted by Crippen LogP contribution is 2.30. The SMILES string of the molecule is CC1COCCN1c1nc(-c2ccc(NC(=O)Nc3ccc(C(=O)N4CCN(C5CCC5)C(C)C4)cc3)cc2)nc(C2CCOCC2)n1. The second kappa shape index (κ2) is 14.6. The maximum Gasteiger partial charge on any atom is 0.323 e. The summed E-state index contributed by atoms with van der Waals surface area (Å²) in [7, 11) is 0. The first-order valence-corrected chi connectivity index (χ1v) is 17.4. The molecular formula is C36H46N8O4. The molecule has 0 spiro atoms. The summed E-state index contributed by atoms with van der Waals surface area (Å²) in [6.45, 7) is 10.2. The van der Waals surface area contributed by atoms with Crippen molar-refractivity contribution in [1.29, 1.82) is 0 Å². The van der Waals surface area contributed by atoms with E-state index in [1.165, 1.54) is 19.3 Å². The van der Waals surface area contributed by atoms with Gasteiger partial charge < -0.3 is 29.9 Å². The van der Waals surface area contributed by atoms with Gasteiger partial charge in [-0.1, -0.05) is 6.42 Å². The highest BCUT2D eigenvalue weighted by atomic mass is 16.5. The van der Waals surface area contributed by atoms with Gasteiger partial charge in [0.1, 0.15) is 5.82 Å². The fourth-order valence-electron chi connectivity index (χ4n) is 7.09. The fourth-order valence-corrected chi connectivity index (χ4v) is 7.09. The number of amides is 3. The van der Waals surface area contributed by atoms with Crippen molar-refractivity contribution in [2.45, 2.75) is 70.0 Å². The van der Waals surface area contributed by atoms with E-state index in [2.05, 4.69) is 34.3 Å². The fraction of sp³-hybridized carbons (Fsp3) is 0.528. The van der Waals surface area contributed by atoms with E-state index in [-0.39, 0.29) is 23.9 Å². The van der Waals surface area contributed by atoms with Crippen molar-refractivity contribution in [2.24, 2.45) is 0 Å². The first-order valence-electron chi connectivity index (χ1n) is 17.4. The van der Waals surface area contributed by atoms with Gasteiger partial charge in [0, 0.05) is 79.9 Å². The summed E-state index contributed by atoms with van der Waals surface area (Å²) in [5.74, 6) is 2.35. The number of morpholine rings is 1. The Morgan fingerprint density at radius 1 is 0.771 bits per heavy atom. The summed E-state index contributed by atoms with van der Waals surface area (Å²) in [6, 6.07) is 15.5. The van der Waals surface area contributed by atoms with Crippen LogP contribution in [0.3, 0.4) is 0 Å². The summed E-state index contributed by atoms with van der Waals surface area (Å²) in [5.41, 5.74) is 2.72. The lowest BCUT2D eigenvalue weighted by atomic mass is 9.89. The number of nitrogens with one attached hydrogen (secondary N) is 2. The Morgan fingerprint density at radius 2 is 1.48 bits per heavy atom. The normalized spacial score (nSPS) is 22.6. The van der Waals surface area contributed by atoms with Gasteiger partial charge in [0.05, 0.1) is 19.3 Å². The molecule has 2 atom stereocenters. The average Bonchev–Trinajstić information content (AvgIpc) is 3.09. The van der Waals surface area contributed by atoms with Crippen molar-refractivity contribution >= 4 is 29.3 Å². The zero-order valence-corrected chi connectivity index (χ0v) is 27.9. The van der Waals surface area contributed by atoms with E-state index >= 15 is 0 Å². The number of hydrogen-bond acceptors (Lipinski definition) is 9. The number of ether oxygens (including phenoxy) is 2. The van der Waals surface area contributed by atoms with Crippen molar-refractivity contribution < 1.29 is 19.1 Å². The lowest BCUT2D eigenvalue weighted by molar-refractivity contribution is 0.0187. The molecule has 12 nitrogen and oxygen atoms in total. The van der Waals surface area contributed by atoms with Crippen molar-refractivity contribution in [3.05, 3.63) is 59.9 Å². The van der Waals surface area contributed by atoms with Crippen LogP contribution < -0.4 is 15.5 Å². The van der Waals surface area contributed by atoms with Crippen LogP contribution in [0.1, 0.15) is 68.1 Å². The predicted octanol–water partition coefficient (Wildman–Crippen LogP) is 5.00. The average molecular weight is 655 g/mol. The van der Waals surface area contributed by atoms with E-state index in [0.29, 0.717) is 67.2 Å². The molecule has 3 aliphatic heterocycles. The van der Waals surface area contributed by atoms with Crippen molar-refractivity contribution in [3.8, 4) is 11.4 Å². The molecule has 2 unspecified atom stereocenters. The Morgan fingerprint density at radius 3 is 2.12 bits per heavy atom. The Bertz CT molecular complexity index is 1580. The maximum atomic E-state index is 13.2. The summed E-state index contributed by atoms with van der Waals surface area (Å²) in [4.78, 5) is 47.5. The Kier molecular flexibility index (Phi) is 9.83. The molecule has 0 bridgehead atoms. The van der Waals surface area contributed by atoms with Gasteiger partial charge in [-0.3, -0.25) is 9.69 Å². The van der Waals surface area contributed by atoms with Crippen molar-refractivity contribution in [2.75, 3.05) is 68.1 Å². The topological polar surface area (TPSA) is 125 Å². The van der Waals surface area contributed by atoms with Gasteiger partial charge >= 0.3 is 6.03 Å². The molecule has 0 radical (unpaired) electrons. The van der Waals surface area contributed by atoms with E-state index in [1.807, 2.05) is 29.2 Å². The van der Waals surface area contributed by atoms with Crippen LogP contribution in [0.2, 0.25) is 0 Å². The maximum absolute atomic E-state index is 13.2. The summed E-state index contributed by atoms with van der Waals surface area (Å²) in [6.07, 6.45) is 5.64. The van der Waals surface area contributed by atoms with Crippen LogP contribution in [0.5, 0.6) is 0 Å². The van der Waals surface area contributed by atoms with Crippen LogP contribution >= 0.6 is 0 Å². The third-order valence-electron chi connectivity index (χ3n) is 10.2. The van der Waals surface area contributed by atoms with E-state index in [0.717, 1.165) is 50.4 Å². The minimum atomic E-state index is -0.367. The number of urea groups is 1. The highest BCUT2D eigenvalue weighted by molar-refractivity contribution is 6.00. The number of nitrogens with zero attached hydrogens (tertiary/aromatic N) is 6. The second-order valence-corrected chi connectivity index (χ2v) is 13.5. The molecule has 7 rings (SSSR count). The third kappa shape index (κ3) is 7.30. The molecule has 4 aliphatic rings. The quantitative estimate of drug-likeness (QED) is 0.362. The van der Waals surface area contributed by atoms with Crippen LogP contribution in [0.15, 0.2) is 48.5 Å². The van der Waals surface area contributed by atoms with Crippen LogP contribution in [0, 0.1) is 0 Å². The van der Waals surface area contributed by atoms with Gasteiger partial charge in [0.25, 0.3) is 5.91 Å². The van der Waals surface area contributed by atoms with Gasteiger partial charge in [-0.2, -0.15) is 9.97 Å². The van der Waals surface area contributed by atoms with E-state index < -0.39 is 0 Å². The molecular weight excluding hydrogens is 608 g/mol. The highest BCUT2D eigenvalue weighted by Gasteiger charge is 2.34. The number of benzene rings is 2. The molecule has 1 saturated carbocycles. The minimum absolute atomic E-state index is 0.0378. The smallest absolute Gasteiger partial charge is 0.323 e. The Hall–Kier alpha value is -4.13. The van der Waals surface area contributed by atoms with Gasteiger partial charge in [-0.05, 0) is 88.1 Å². The van der Waals surface area contributed by atoms with Gasteiger partial charge in [0.2, 0.25) is 5.95 Å². The molecule has 48 heavy (non-hydrogen) atoms. The number of carbonyl (C=O) groups excluding carboxylic acids is 2. The Labute approximate surface area is 282 Å². The number of rotatable bonds is 7. The molecule has 2 N–H and O–H groups in total. The van der Waals surface area contributed by atoms with Gasteiger partial charge in [-0.15, -0.1) is 0 Å². The molecule has 2 aromatic carbocycles. The monoisotopic (exact) mass is 654 g/mol. The zero-order valence-electron chi connectivity index (χ0n) is 27.9. The lowest BCUT2D eigenvalue weighted by Crippen LogP contribution is -2.58. The zero-order chi connectivity index (χ0) is 33.0. The molecule has 4 fully saturated rings. The second-order valence-electron chi connectivity index (χ2n) is 13.5. The summed E-state index contributed by atoms with van der Waals surface area (Å²) in [5, 5.41) is 5.77. The molecule has 3 aromatic rings. The molecule has 12 heteroatoms. The van der Waals surface area contributed by atoms with E-state index in [1.54, 1.807) is 24.3 Å². The third-order valence-corrected chi connectivity index (χ3v) is 10.2. The molecule has 254 valence electrons. The number of anilines is 3. The largest absolute Gasteiger partial charge is 0.381 e. The van der Waals surface area contributed by atoms with Crippen LogP contribution in [-0.2, 0) is 9.47 Å². The molecule has 1 aliphatic carbocycles. The van der Waals surface area contributed by atoms with Crippen LogP contribution in [0.25, 0.3) is 11.4 Å². The van der Waals surface area contributed by atoms with Gasteiger partial charge in [0.15, 0.2) is 5.82 Å². The number of carbonyl (C=O) groups is 2. The number of hydrogen-bond donors (Lipinski definition) is 2. The first kappa shape index (κ1) is 32.4. The lowest BCUT2D eigenvalue weighted by Gasteiger charge is -2.47. The first-order chi connectivity index (χ1) is 23.4. The Balaban J connectivity index is 0.972. The standard InChI is InChI=1S/C36H46N8O4/c1-24-22-42(16-17-43(24)31-4-3-5-31)34(45)28-8-12-30(13-9-28)38-36(46)37-29-10-6-26(7-11-29)32-39-33(27-14-19-47-20-15-27)41-35(40-32)44-18-21-48-23-25(44)2/h6-13,24-25,27,31H,3-5,14-23H2,1-2H3,(H2,37,38,46).